The van der Waals surface area contributed by atoms with Crippen molar-refractivity contribution < 1.29 is 18.3 Å². The Morgan fingerprint density at radius 1 is 0.885 bits per heavy atom. The summed E-state index contributed by atoms with van der Waals surface area (Å²) < 4.78 is 38.3. The molecule has 3 nitrogen and oxygen atoms in total. The zero-order valence-electron chi connectivity index (χ0n) is 13.4. The summed E-state index contributed by atoms with van der Waals surface area (Å²) >= 11 is 0. The van der Waals surface area contributed by atoms with Gasteiger partial charge in [0.05, 0.1) is 5.56 Å². The van der Waals surface area contributed by atoms with E-state index in [4.69, 9.17) is 0 Å². The third kappa shape index (κ3) is 2.90. The molecule has 2 aromatic heterocycles. The predicted molar refractivity (Wildman–Crippen MR) is 93.6 cm³/mol. The normalized spacial score (nSPS) is 11.8. The third-order valence-corrected chi connectivity index (χ3v) is 4.23. The van der Waals surface area contributed by atoms with E-state index in [9.17, 15) is 18.3 Å². The number of aromatic nitrogens is 2. The number of hydrogen-bond donors (Lipinski definition) is 2. The maximum atomic E-state index is 12.8. The Kier molecular flexibility index (Phi) is 3.68. The highest BCUT2D eigenvalue weighted by Gasteiger charge is 2.30. The number of halogens is 3. The van der Waals surface area contributed by atoms with Crippen LogP contribution >= 0.6 is 0 Å². The van der Waals surface area contributed by atoms with Crippen LogP contribution in [0.5, 0.6) is 5.75 Å². The molecule has 2 N–H and O–H groups in total. The summed E-state index contributed by atoms with van der Waals surface area (Å²) in [6.45, 7) is 0. The van der Waals surface area contributed by atoms with E-state index in [2.05, 4.69) is 9.97 Å². The summed E-state index contributed by atoms with van der Waals surface area (Å²) in [4.78, 5) is 7.41. The molecule has 0 spiro atoms. The highest BCUT2D eigenvalue weighted by molar-refractivity contribution is 5.95. The molecule has 0 aliphatic carbocycles. The van der Waals surface area contributed by atoms with Gasteiger partial charge in [-0.15, -0.1) is 0 Å². The molecule has 0 aliphatic rings. The molecule has 0 bridgehead atoms. The van der Waals surface area contributed by atoms with Gasteiger partial charge >= 0.3 is 6.18 Å². The number of nitrogens with zero attached hydrogens (tertiary/aromatic N) is 1. The van der Waals surface area contributed by atoms with Gasteiger partial charge in [-0.2, -0.15) is 13.2 Å². The molecular weight excluding hydrogens is 341 g/mol. The molecule has 0 atom stereocenters. The van der Waals surface area contributed by atoms with Crippen LogP contribution in [0.3, 0.4) is 0 Å². The molecule has 0 saturated carbocycles. The van der Waals surface area contributed by atoms with Crippen LogP contribution in [0.1, 0.15) is 5.56 Å². The molecule has 0 unspecified atom stereocenters. The van der Waals surface area contributed by atoms with Crippen molar-refractivity contribution in [1.29, 1.82) is 0 Å². The Hall–Kier alpha value is -3.28. The number of phenolic OH excluding ortho intramolecular Hbond substituents is 1. The summed E-state index contributed by atoms with van der Waals surface area (Å²) in [5, 5.41) is 10.5. The fraction of sp³-hybridized carbons (Fsp3) is 0.0500. The monoisotopic (exact) mass is 354 g/mol. The lowest BCUT2D eigenvalue weighted by Crippen LogP contribution is -2.03. The molecule has 6 heteroatoms. The van der Waals surface area contributed by atoms with Crippen molar-refractivity contribution >= 4 is 11.0 Å². The lowest BCUT2D eigenvalue weighted by atomic mass is 10.0. The largest absolute Gasteiger partial charge is 0.508 e. The second-order valence-corrected chi connectivity index (χ2v) is 5.95. The fourth-order valence-electron chi connectivity index (χ4n) is 2.92. The van der Waals surface area contributed by atoms with Crippen LogP contribution < -0.4 is 0 Å². The Bertz CT molecular complexity index is 1080. The van der Waals surface area contributed by atoms with Crippen LogP contribution in [0.2, 0.25) is 0 Å². The number of benzene rings is 2. The zero-order chi connectivity index (χ0) is 18.3. The smallest absolute Gasteiger partial charge is 0.416 e. The average Bonchev–Trinajstić information content (AvgIpc) is 3.04. The van der Waals surface area contributed by atoms with Crippen LogP contribution in [0.4, 0.5) is 13.2 Å². The maximum absolute atomic E-state index is 12.8. The van der Waals surface area contributed by atoms with Crippen LogP contribution in [0.25, 0.3) is 33.3 Å². The topological polar surface area (TPSA) is 48.9 Å². The van der Waals surface area contributed by atoms with Gasteiger partial charge in [0.1, 0.15) is 11.4 Å². The number of aromatic hydroxyl groups is 1. The number of nitrogens with one attached hydrogen (secondary N) is 1. The minimum Gasteiger partial charge on any atom is -0.508 e. The van der Waals surface area contributed by atoms with Crippen molar-refractivity contribution in [3.05, 3.63) is 72.6 Å². The van der Waals surface area contributed by atoms with Crippen molar-refractivity contribution in [2.24, 2.45) is 0 Å². The number of rotatable bonds is 2. The van der Waals surface area contributed by atoms with Crippen LogP contribution in [0.15, 0.2) is 67.0 Å². The van der Waals surface area contributed by atoms with Gasteiger partial charge in [0.25, 0.3) is 0 Å². The van der Waals surface area contributed by atoms with Crippen molar-refractivity contribution in [2.75, 3.05) is 0 Å². The van der Waals surface area contributed by atoms with E-state index < -0.39 is 11.7 Å². The van der Waals surface area contributed by atoms with Gasteiger partial charge in [-0.25, -0.2) is 4.98 Å². The van der Waals surface area contributed by atoms with E-state index in [1.807, 2.05) is 12.1 Å². The van der Waals surface area contributed by atoms with Crippen molar-refractivity contribution in [1.82, 2.24) is 9.97 Å². The molecule has 4 aromatic rings. The highest BCUT2D eigenvalue weighted by Crippen LogP contribution is 2.34. The second kappa shape index (κ2) is 5.91. The van der Waals surface area contributed by atoms with E-state index in [1.165, 1.54) is 12.1 Å². The first-order valence-corrected chi connectivity index (χ1v) is 7.86. The number of hydrogen-bond acceptors (Lipinski definition) is 2. The molecule has 0 saturated heterocycles. The number of phenols is 1. The Labute approximate surface area is 146 Å². The molecule has 0 aliphatic heterocycles. The summed E-state index contributed by atoms with van der Waals surface area (Å²) in [5.41, 5.74) is 3.01. The van der Waals surface area contributed by atoms with Gasteiger partial charge in [-0.05, 0) is 41.5 Å². The van der Waals surface area contributed by atoms with Gasteiger partial charge < -0.3 is 10.1 Å². The number of H-pyrrole nitrogens is 1. The van der Waals surface area contributed by atoms with Crippen molar-refractivity contribution in [3.8, 4) is 28.0 Å². The van der Waals surface area contributed by atoms with Gasteiger partial charge in [-0.1, -0.05) is 24.3 Å². The van der Waals surface area contributed by atoms with E-state index in [0.717, 1.165) is 34.2 Å². The molecular formula is C20H13F3N2O. The van der Waals surface area contributed by atoms with Gasteiger partial charge in [-0.3, -0.25) is 0 Å². The zero-order valence-corrected chi connectivity index (χ0v) is 13.4. The molecule has 0 amide bonds. The van der Waals surface area contributed by atoms with E-state index in [0.29, 0.717) is 11.2 Å². The van der Waals surface area contributed by atoms with Gasteiger partial charge in [0, 0.05) is 28.9 Å². The van der Waals surface area contributed by atoms with Gasteiger partial charge in [0.2, 0.25) is 0 Å². The number of aromatic amines is 1. The number of fused-ring (bicyclic) bond motifs is 1. The third-order valence-electron chi connectivity index (χ3n) is 4.23. The van der Waals surface area contributed by atoms with Crippen molar-refractivity contribution in [3.63, 3.8) is 0 Å². The molecule has 0 radical (unpaired) electrons. The lowest BCUT2D eigenvalue weighted by Gasteiger charge is -2.07. The lowest BCUT2D eigenvalue weighted by molar-refractivity contribution is -0.137. The average molecular weight is 354 g/mol. The Balaban J connectivity index is 1.80. The molecule has 2 heterocycles. The summed E-state index contributed by atoms with van der Waals surface area (Å²) in [6.07, 6.45) is -0.945. The van der Waals surface area contributed by atoms with Crippen molar-refractivity contribution in [2.45, 2.75) is 6.18 Å². The summed E-state index contributed by atoms with van der Waals surface area (Å²) in [7, 11) is 0. The highest BCUT2D eigenvalue weighted by atomic mass is 19.4. The Morgan fingerprint density at radius 3 is 2.35 bits per heavy atom. The minimum absolute atomic E-state index is 0.152. The first-order chi connectivity index (χ1) is 12.4. The Morgan fingerprint density at radius 2 is 1.65 bits per heavy atom. The maximum Gasteiger partial charge on any atom is 0.416 e. The second-order valence-electron chi connectivity index (χ2n) is 5.95. The van der Waals surface area contributed by atoms with Crippen LogP contribution in [-0.4, -0.2) is 15.1 Å². The van der Waals surface area contributed by atoms with Crippen LogP contribution in [0, 0.1) is 0 Å². The van der Waals surface area contributed by atoms with Crippen LogP contribution in [-0.2, 0) is 6.18 Å². The molecule has 2 aromatic carbocycles. The fourth-order valence-corrected chi connectivity index (χ4v) is 2.92. The van der Waals surface area contributed by atoms with Gasteiger partial charge in [0.15, 0.2) is 0 Å². The SMILES string of the molecule is Oc1cccc(-c2cnc3[nH]cc(-c4ccc(C(F)(F)F)cc4)c3c2)c1. The summed E-state index contributed by atoms with van der Waals surface area (Å²) in [6, 6.07) is 13.8. The first-order valence-electron chi connectivity index (χ1n) is 7.86. The van der Waals surface area contributed by atoms with E-state index >= 15 is 0 Å². The standard InChI is InChI=1S/C20H13F3N2O/c21-20(22,23)15-6-4-12(5-7-15)18-11-25-19-17(18)9-14(10-24-19)13-2-1-3-16(26)8-13/h1-11,26H,(H,24,25). The van der Waals surface area contributed by atoms with E-state index in [1.54, 1.807) is 30.6 Å². The predicted octanol–water partition coefficient (Wildman–Crippen LogP) is 5.62. The quantitative estimate of drug-likeness (QED) is 0.491. The number of pyridine rings is 1. The molecule has 26 heavy (non-hydrogen) atoms. The molecule has 4 rings (SSSR count). The molecule has 0 fully saturated rings. The summed E-state index contributed by atoms with van der Waals surface area (Å²) in [5.74, 6) is 0.152. The first kappa shape index (κ1) is 16.2. The van der Waals surface area contributed by atoms with E-state index in [-0.39, 0.29) is 5.75 Å². The minimum atomic E-state index is -4.36. The number of alkyl halides is 3. The molecule has 130 valence electrons.